The number of hydrogen-bond acceptors (Lipinski definition) is 5. The van der Waals surface area contributed by atoms with Crippen LogP contribution in [-0.2, 0) is 6.42 Å². The van der Waals surface area contributed by atoms with Gasteiger partial charge in [0.1, 0.15) is 5.82 Å². The zero-order valence-electron chi connectivity index (χ0n) is 18.8. The summed E-state index contributed by atoms with van der Waals surface area (Å²) >= 11 is 1.59. The van der Waals surface area contributed by atoms with Crippen LogP contribution < -0.4 is 10.2 Å². The number of nitrogens with one attached hydrogen (secondary N) is 1. The summed E-state index contributed by atoms with van der Waals surface area (Å²) in [5.74, 6) is 1.07. The number of carbonyl (C=O) groups excluding carboxylic acids is 1. The first kappa shape index (κ1) is 21.6. The SMILES string of the molecule is Cc1ccccc1C(=O)Nc1ccc(CCN2CCN(c3nsc4ccccc34)CC2)cc1. The van der Waals surface area contributed by atoms with E-state index in [2.05, 4.69) is 51.5 Å². The second kappa shape index (κ2) is 9.73. The highest BCUT2D eigenvalue weighted by Gasteiger charge is 2.20. The number of fused-ring (bicyclic) bond motifs is 1. The van der Waals surface area contributed by atoms with Gasteiger partial charge < -0.3 is 10.2 Å². The van der Waals surface area contributed by atoms with Crippen LogP contribution in [0.2, 0.25) is 0 Å². The number of piperazine rings is 1. The lowest BCUT2D eigenvalue weighted by Gasteiger charge is -2.35. The van der Waals surface area contributed by atoms with Crippen LogP contribution in [0.15, 0.2) is 72.8 Å². The summed E-state index contributed by atoms with van der Waals surface area (Å²) in [4.78, 5) is 17.5. The Hall–Kier alpha value is -3.22. The van der Waals surface area contributed by atoms with Gasteiger partial charge in [0.05, 0.1) is 4.70 Å². The fraction of sp³-hybridized carbons (Fsp3) is 0.259. The van der Waals surface area contributed by atoms with Gasteiger partial charge in [0.15, 0.2) is 0 Å². The molecule has 0 atom stereocenters. The number of anilines is 2. The number of amides is 1. The maximum atomic E-state index is 12.5. The standard InChI is InChI=1S/C27H28N4OS/c1-20-6-2-3-7-23(20)27(32)28-22-12-10-21(11-13-22)14-15-30-16-18-31(19-17-30)26-24-8-4-5-9-25(24)33-29-26/h2-13H,14-19H2,1H3,(H,28,32). The monoisotopic (exact) mass is 456 g/mol. The van der Waals surface area contributed by atoms with E-state index in [0.717, 1.165) is 56.2 Å². The number of aromatic nitrogens is 1. The largest absolute Gasteiger partial charge is 0.353 e. The fourth-order valence-corrected chi connectivity index (χ4v) is 5.15. The van der Waals surface area contributed by atoms with Gasteiger partial charge >= 0.3 is 0 Å². The van der Waals surface area contributed by atoms with Gasteiger partial charge in [-0.25, -0.2) is 0 Å². The Labute approximate surface area is 198 Å². The van der Waals surface area contributed by atoms with Gasteiger partial charge in [-0.05, 0) is 66.3 Å². The quantitative estimate of drug-likeness (QED) is 0.432. The van der Waals surface area contributed by atoms with Crippen molar-refractivity contribution in [3.8, 4) is 0 Å². The van der Waals surface area contributed by atoms with Gasteiger partial charge in [0.25, 0.3) is 5.91 Å². The van der Waals surface area contributed by atoms with Gasteiger partial charge in [-0.15, -0.1) is 0 Å². The molecule has 4 aromatic rings. The first-order chi connectivity index (χ1) is 16.2. The molecule has 0 bridgehead atoms. The number of benzene rings is 3. The smallest absolute Gasteiger partial charge is 0.255 e. The summed E-state index contributed by atoms with van der Waals surface area (Å²) in [6.45, 7) is 7.12. The summed E-state index contributed by atoms with van der Waals surface area (Å²) in [5, 5.41) is 4.27. The van der Waals surface area contributed by atoms with E-state index in [1.807, 2.05) is 43.3 Å². The Balaban J connectivity index is 1.11. The number of hydrogen-bond donors (Lipinski definition) is 1. The Bertz CT molecular complexity index is 1240. The molecule has 1 N–H and O–H groups in total. The van der Waals surface area contributed by atoms with E-state index in [4.69, 9.17) is 4.37 Å². The third kappa shape index (κ3) is 4.92. The van der Waals surface area contributed by atoms with E-state index in [-0.39, 0.29) is 5.91 Å². The summed E-state index contributed by atoms with van der Waals surface area (Å²) < 4.78 is 5.97. The maximum absolute atomic E-state index is 12.5. The summed E-state index contributed by atoms with van der Waals surface area (Å²) in [6, 6.07) is 24.4. The molecule has 1 aromatic heterocycles. The van der Waals surface area contributed by atoms with Crippen molar-refractivity contribution in [2.45, 2.75) is 13.3 Å². The molecular formula is C27H28N4OS. The molecule has 3 aromatic carbocycles. The summed E-state index contributed by atoms with van der Waals surface area (Å²) in [5.41, 5.74) is 3.81. The third-order valence-electron chi connectivity index (χ3n) is 6.35. The number of carbonyl (C=O) groups is 1. The predicted octanol–water partition coefficient (Wildman–Crippen LogP) is 5.22. The lowest BCUT2D eigenvalue weighted by Crippen LogP contribution is -2.47. The molecule has 168 valence electrons. The normalized spacial score (nSPS) is 14.5. The van der Waals surface area contributed by atoms with Crippen molar-refractivity contribution in [1.29, 1.82) is 0 Å². The molecule has 1 amide bonds. The molecule has 0 saturated carbocycles. The first-order valence-electron chi connectivity index (χ1n) is 11.4. The van der Waals surface area contributed by atoms with Gasteiger partial charge in [-0.1, -0.05) is 42.5 Å². The number of aryl methyl sites for hydroxylation is 1. The van der Waals surface area contributed by atoms with Crippen LogP contribution in [0.25, 0.3) is 10.1 Å². The number of nitrogens with zero attached hydrogens (tertiary/aromatic N) is 3. The summed E-state index contributed by atoms with van der Waals surface area (Å²) in [7, 11) is 0. The van der Waals surface area contributed by atoms with Crippen LogP contribution in [0.3, 0.4) is 0 Å². The molecule has 1 saturated heterocycles. The van der Waals surface area contributed by atoms with Crippen molar-refractivity contribution in [2.75, 3.05) is 42.9 Å². The highest BCUT2D eigenvalue weighted by molar-refractivity contribution is 7.13. The molecule has 1 aliphatic heterocycles. The second-order valence-electron chi connectivity index (χ2n) is 8.55. The molecule has 1 aliphatic rings. The van der Waals surface area contributed by atoms with Crippen LogP contribution in [0.4, 0.5) is 11.5 Å². The van der Waals surface area contributed by atoms with Crippen molar-refractivity contribution < 1.29 is 4.79 Å². The Morgan fingerprint density at radius 2 is 1.67 bits per heavy atom. The van der Waals surface area contributed by atoms with E-state index in [1.165, 1.54) is 15.6 Å². The molecule has 0 aliphatic carbocycles. The van der Waals surface area contributed by atoms with Crippen molar-refractivity contribution in [1.82, 2.24) is 9.27 Å². The molecule has 1 fully saturated rings. The maximum Gasteiger partial charge on any atom is 0.255 e. The van der Waals surface area contributed by atoms with Crippen LogP contribution in [-0.4, -0.2) is 47.9 Å². The van der Waals surface area contributed by atoms with Crippen LogP contribution in [0.5, 0.6) is 0 Å². The molecule has 33 heavy (non-hydrogen) atoms. The Morgan fingerprint density at radius 3 is 2.45 bits per heavy atom. The second-order valence-corrected chi connectivity index (χ2v) is 9.35. The van der Waals surface area contributed by atoms with Crippen molar-refractivity contribution >= 4 is 39.0 Å². The average Bonchev–Trinajstić information content (AvgIpc) is 3.28. The molecule has 0 radical (unpaired) electrons. The fourth-order valence-electron chi connectivity index (χ4n) is 4.35. The lowest BCUT2D eigenvalue weighted by atomic mass is 10.1. The summed E-state index contributed by atoms with van der Waals surface area (Å²) in [6.07, 6.45) is 1.01. The molecule has 0 spiro atoms. The molecule has 5 rings (SSSR count). The zero-order chi connectivity index (χ0) is 22.6. The molecule has 5 nitrogen and oxygen atoms in total. The molecule has 2 heterocycles. The minimum absolute atomic E-state index is 0.0633. The molecule has 0 unspecified atom stereocenters. The van der Waals surface area contributed by atoms with Gasteiger partial charge in [0.2, 0.25) is 0 Å². The van der Waals surface area contributed by atoms with Crippen molar-refractivity contribution in [3.05, 3.63) is 89.5 Å². The van der Waals surface area contributed by atoms with Crippen molar-refractivity contribution in [2.24, 2.45) is 0 Å². The van der Waals surface area contributed by atoms with Crippen LogP contribution >= 0.6 is 11.5 Å². The van der Waals surface area contributed by atoms with Gasteiger partial charge in [-0.3, -0.25) is 9.69 Å². The minimum atomic E-state index is -0.0633. The Kier molecular flexibility index (Phi) is 6.37. The molecule has 6 heteroatoms. The van der Waals surface area contributed by atoms with E-state index in [9.17, 15) is 4.79 Å². The lowest BCUT2D eigenvalue weighted by molar-refractivity contribution is 0.102. The Morgan fingerprint density at radius 1 is 0.939 bits per heavy atom. The van der Waals surface area contributed by atoms with E-state index in [0.29, 0.717) is 5.56 Å². The predicted molar refractivity (Wildman–Crippen MR) is 138 cm³/mol. The van der Waals surface area contributed by atoms with E-state index >= 15 is 0 Å². The topological polar surface area (TPSA) is 48.5 Å². The van der Waals surface area contributed by atoms with Crippen LogP contribution in [0.1, 0.15) is 21.5 Å². The van der Waals surface area contributed by atoms with Crippen LogP contribution in [0, 0.1) is 6.92 Å². The highest BCUT2D eigenvalue weighted by Crippen LogP contribution is 2.29. The number of rotatable bonds is 6. The molecular weight excluding hydrogens is 428 g/mol. The minimum Gasteiger partial charge on any atom is -0.353 e. The van der Waals surface area contributed by atoms with Gasteiger partial charge in [0, 0.05) is 49.4 Å². The van der Waals surface area contributed by atoms with E-state index < -0.39 is 0 Å². The zero-order valence-corrected chi connectivity index (χ0v) is 19.6. The highest BCUT2D eigenvalue weighted by atomic mass is 32.1. The first-order valence-corrected chi connectivity index (χ1v) is 12.2. The van der Waals surface area contributed by atoms with Gasteiger partial charge in [-0.2, -0.15) is 4.37 Å². The third-order valence-corrected chi connectivity index (χ3v) is 7.17. The average molecular weight is 457 g/mol. The van der Waals surface area contributed by atoms with E-state index in [1.54, 1.807) is 11.5 Å². The van der Waals surface area contributed by atoms with Crippen molar-refractivity contribution in [3.63, 3.8) is 0 Å².